The van der Waals surface area contributed by atoms with Crippen molar-refractivity contribution >= 4 is 5.91 Å². The summed E-state index contributed by atoms with van der Waals surface area (Å²) in [7, 11) is 0. The van der Waals surface area contributed by atoms with Gasteiger partial charge in [0, 0.05) is 12.6 Å². The second-order valence-corrected chi connectivity index (χ2v) is 7.54. The lowest BCUT2D eigenvalue weighted by Crippen LogP contribution is -2.52. The van der Waals surface area contributed by atoms with Gasteiger partial charge in [-0.05, 0) is 18.2 Å². The summed E-state index contributed by atoms with van der Waals surface area (Å²) in [5.74, 6) is -3.79. The van der Waals surface area contributed by atoms with Crippen LogP contribution in [0.15, 0.2) is 34.9 Å². The molecule has 2 aromatic heterocycles. The highest BCUT2D eigenvalue weighted by atomic mass is 19.3. The van der Waals surface area contributed by atoms with Gasteiger partial charge in [0.05, 0.1) is 42.6 Å². The Bertz CT molecular complexity index is 1200. The average molecular weight is 464 g/mol. The molecule has 33 heavy (non-hydrogen) atoms. The fourth-order valence-corrected chi connectivity index (χ4v) is 3.89. The number of hydrogen-bond donors (Lipinski definition) is 0. The quantitative estimate of drug-likeness (QED) is 0.534. The Morgan fingerprint density at radius 3 is 2.85 bits per heavy atom. The van der Waals surface area contributed by atoms with Crippen LogP contribution in [0.25, 0.3) is 11.5 Å². The maximum Gasteiger partial charge on any atom is 0.314 e. The van der Waals surface area contributed by atoms with Crippen LogP contribution in [0, 0.1) is 11.6 Å². The largest absolute Gasteiger partial charge is 0.485 e. The minimum absolute atomic E-state index is 0.135. The van der Waals surface area contributed by atoms with Gasteiger partial charge in [-0.1, -0.05) is 6.07 Å². The second kappa shape index (κ2) is 8.43. The molecule has 1 fully saturated rings. The molecule has 2 aliphatic rings. The third kappa shape index (κ3) is 3.90. The van der Waals surface area contributed by atoms with Gasteiger partial charge < -0.3 is 18.8 Å². The van der Waals surface area contributed by atoms with Crippen molar-refractivity contribution in [2.45, 2.75) is 31.5 Å². The molecule has 1 saturated heterocycles. The molecule has 1 amide bonds. The number of alkyl halides is 2. The monoisotopic (exact) mass is 464 g/mol. The summed E-state index contributed by atoms with van der Waals surface area (Å²) in [5.41, 5.74) is 0.919. The van der Waals surface area contributed by atoms with Gasteiger partial charge in [0.25, 0.3) is 11.8 Å². The SMILES string of the molecule is O=C1c2cc(-c3nnc(C(F)F)o3)cnc2CN1[C@@H]1COCC[C@H]1Oc1cccc(F)c1F. The molecule has 0 N–H and O–H groups in total. The molecule has 12 heteroatoms. The van der Waals surface area contributed by atoms with E-state index >= 15 is 0 Å². The van der Waals surface area contributed by atoms with Gasteiger partial charge >= 0.3 is 6.43 Å². The molecule has 0 aliphatic carbocycles. The van der Waals surface area contributed by atoms with E-state index in [1.165, 1.54) is 29.3 Å². The first-order chi connectivity index (χ1) is 15.9. The van der Waals surface area contributed by atoms with Crippen molar-refractivity contribution in [3.63, 3.8) is 0 Å². The van der Waals surface area contributed by atoms with Crippen LogP contribution in [0.3, 0.4) is 0 Å². The van der Waals surface area contributed by atoms with Crippen molar-refractivity contribution in [3.05, 3.63) is 59.2 Å². The molecule has 0 radical (unpaired) electrons. The van der Waals surface area contributed by atoms with E-state index in [9.17, 15) is 22.4 Å². The van der Waals surface area contributed by atoms with Gasteiger partial charge in [-0.25, -0.2) is 4.39 Å². The summed E-state index contributed by atoms with van der Waals surface area (Å²) >= 11 is 0. The molecule has 5 rings (SSSR count). The minimum atomic E-state index is -2.92. The zero-order valence-electron chi connectivity index (χ0n) is 16.9. The van der Waals surface area contributed by atoms with Crippen molar-refractivity contribution in [3.8, 4) is 17.2 Å². The number of nitrogens with zero attached hydrogens (tertiary/aromatic N) is 4. The first kappa shape index (κ1) is 21.3. The summed E-state index contributed by atoms with van der Waals surface area (Å²) in [6, 6.07) is 4.50. The van der Waals surface area contributed by atoms with E-state index in [0.717, 1.165) is 6.07 Å². The van der Waals surface area contributed by atoms with Gasteiger partial charge in [0.2, 0.25) is 11.7 Å². The second-order valence-electron chi connectivity index (χ2n) is 7.54. The van der Waals surface area contributed by atoms with Crippen LogP contribution < -0.4 is 4.74 Å². The Labute approximate surface area is 184 Å². The van der Waals surface area contributed by atoms with E-state index in [4.69, 9.17) is 13.9 Å². The van der Waals surface area contributed by atoms with Gasteiger partial charge in [-0.2, -0.15) is 13.2 Å². The number of ether oxygens (including phenoxy) is 2. The molecule has 4 heterocycles. The number of fused-ring (bicyclic) bond motifs is 1. The predicted molar refractivity (Wildman–Crippen MR) is 102 cm³/mol. The Kier molecular flexibility index (Phi) is 5.44. The number of amides is 1. The van der Waals surface area contributed by atoms with Gasteiger partial charge in [-0.15, -0.1) is 10.2 Å². The van der Waals surface area contributed by atoms with Crippen LogP contribution in [0.2, 0.25) is 0 Å². The number of pyridine rings is 1. The highest BCUT2D eigenvalue weighted by molar-refractivity contribution is 5.99. The molecule has 8 nitrogen and oxygen atoms in total. The van der Waals surface area contributed by atoms with Crippen LogP contribution in [-0.4, -0.2) is 51.3 Å². The molecule has 172 valence electrons. The number of hydrogen-bond acceptors (Lipinski definition) is 7. The van der Waals surface area contributed by atoms with Crippen molar-refractivity contribution in [2.75, 3.05) is 13.2 Å². The van der Waals surface area contributed by atoms with Gasteiger partial charge in [0.15, 0.2) is 11.6 Å². The molecule has 2 atom stereocenters. The third-order valence-corrected chi connectivity index (χ3v) is 5.52. The van der Waals surface area contributed by atoms with E-state index in [1.807, 2.05) is 0 Å². The third-order valence-electron chi connectivity index (χ3n) is 5.52. The Hall–Kier alpha value is -3.54. The average Bonchev–Trinajstić information content (AvgIpc) is 3.43. The first-order valence-electron chi connectivity index (χ1n) is 10.0. The van der Waals surface area contributed by atoms with E-state index in [0.29, 0.717) is 18.7 Å². The molecule has 0 saturated carbocycles. The summed E-state index contributed by atoms with van der Waals surface area (Å²) in [6.07, 6.45) is -1.85. The number of rotatable bonds is 5. The standard InChI is InChI=1S/C21H16F4N4O4/c22-12-2-1-3-16(17(12)23)32-15-4-5-31-9-14(15)29-8-13-11(21(29)30)6-10(7-26-13)19-27-28-20(33-19)18(24)25/h1-3,6-7,14-15,18H,4-5,8-9H2/t14-,15-/m1/s1. The highest BCUT2D eigenvalue weighted by Crippen LogP contribution is 2.32. The minimum Gasteiger partial charge on any atom is -0.485 e. The van der Waals surface area contributed by atoms with Crippen LogP contribution >= 0.6 is 0 Å². The zero-order valence-corrected chi connectivity index (χ0v) is 16.9. The summed E-state index contributed by atoms with van der Waals surface area (Å²) in [5, 5.41) is 6.85. The van der Waals surface area contributed by atoms with Gasteiger partial charge in [-0.3, -0.25) is 9.78 Å². The summed E-state index contributed by atoms with van der Waals surface area (Å²) in [6.45, 7) is 0.606. The number of carbonyl (C=O) groups excluding carboxylic acids is 1. The van der Waals surface area contributed by atoms with Crippen LogP contribution in [0.4, 0.5) is 17.6 Å². The lowest BCUT2D eigenvalue weighted by atomic mass is 10.0. The molecule has 2 aliphatic heterocycles. The maximum absolute atomic E-state index is 14.1. The van der Waals surface area contributed by atoms with Crippen molar-refractivity contribution in [1.29, 1.82) is 0 Å². The molecule has 0 bridgehead atoms. The van der Waals surface area contributed by atoms with Crippen LogP contribution in [0.5, 0.6) is 5.75 Å². The van der Waals surface area contributed by atoms with Crippen molar-refractivity contribution in [2.24, 2.45) is 0 Å². The van der Waals surface area contributed by atoms with Crippen molar-refractivity contribution in [1.82, 2.24) is 20.1 Å². The number of carbonyl (C=O) groups is 1. The maximum atomic E-state index is 14.1. The Morgan fingerprint density at radius 2 is 2.06 bits per heavy atom. The zero-order chi connectivity index (χ0) is 23.1. The number of halogens is 4. The predicted octanol–water partition coefficient (Wildman–Crippen LogP) is 3.54. The molecule has 0 unspecified atom stereocenters. The van der Waals surface area contributed by atoms with E-state index in [2.05, 4.69) is 15.2 Å². The van der Waals surface area contributed by atoms with Gasteiger partial charge in [0.1, 0.15) is 6.10 Å². The normalized spacial score (nSPS) is 20.4. The molecule has 0 spiro atoms. The first-order valence-corrected chi connectivity index (χ1v) is 10.0. The van der Waals surface area contributed by atoms with E-state index in [1.54, 1.807) is 0 Å². The van der Waals surface area contributed by atoms with Crippen LogP contribution in [0.1, 0.15) is 34.8 Å². The molecular weight excluding hydrogens is 448 g/mol. The molecule has 1 aromatic carbocycles. The smallest absolute Gasteiger partial charge is 0.314 e. The number of benzene rings is 1. The van der Waals surface area contributed by atoms with E-state index < -0.39 is 42.0 Å². The van der Waals surface area contributed by atoms with E-state index in [-0.39, 0.29) is 35.9 Å². The highest BCUT2D eigenvalue weighted by Gasteiger charge is 2.41. The van der Waals surface area contributed by atoms with Crippen LogP contribution in [-0.2, 0) is 11.3 Å². The fraction of sp³-hybridized carbons (Fsp3) is 0.333. The summed E-state index contributed by atoms with van der Waals surface area (Å²) in [4.78, 5) is 18.9. The topological polar surface area (TPSA) is 90.6 Å². The molecular formula is C21H16F4N4O4. The lowest BCUT2D eigenvalue weighted by molar-refractivity contribution is -0.0441. The van der Waals surface area contributed by atoms with Crippen molar-refractivity contribution < 1.29 is 36.2 Å². The Balaban J connectivity index is 1.39. The number of aromatic nitrogens is 3. The fourth-order valence-electron chi connectivity index (χ4n) is 3.89. The Morgan fingerprint density at radius 1 is 1.21 bits per heavy atom. The molecule has 3 aromatic rings. The lowest BCUT2D eigenvalue weighted by Gasteiger charge is -2.37. The summed E-state index contributed by atoms with van der Waals surface area (Å²) < 4.78 is 69.4.